The normalized spacial score (nSPS) is 11.5. The number of hydrogen-bond acceptors (Lipinski definition) is 3. The SMILES string of the molecule is O=C(O)CCC(NC(=O)Nc1ccc(Cl)c(Br)c1)C(=O)O. The van der Waals surface area contributed by atoms with Crippen molar-refractivity contribution in [2.75, 3.05) is 5.32 Å². The smallest absolute Gasteiger partial charge is 0.326 e. The first-order valence-electron chi connectivity index (χ1n) is 5.76. The quantitative estimate of drug-likeness (QED) is 0.606. The highest BCUT2D eigenvalue weighted by Gasteiger charge is 2.20. The highest BCUT2D eigenvalue weighted by molar-refractivity contribution is 9.10. The molecule has 0 aliphatic rings. The Morgan fingerprint density at radius 3 is 2.48 bits per heavy atom. The maximum atomic E-state index is 11.7. The molecule has 0 aliphatic heterocycles. The number of anilines is 1. The van der Waals surface area contributed by atoms with E-state index in [0.29, 0.717) is 15.2 Å². The molecule has 0 fully saturated rings. The van der Waals surface area contributed by atoms with Crippen molar-refractivity contribution in [1.82, 2.24) is 5.32 Å². The van der Waals surface area contributed by atoms with E-state index in [4.69, 9.17) is 21.8 Å². The van der Waals surface area contributed by atoms with E-state index in [0.717, 1.165) is 0 Å². The minimum Gasteiger partial charge on any atom is -0.481 e. The summed E-state index contributed by atoms with van der Waals surface area (Å²) >= 11 is 8.99. The molecule has 0 bridgehead atoms. The molecule has 1 rings (SSSR count). The molecule has 21 heavy (non-hydrogen) atoms. The van der Waals surface area contributed by atoms with Crippen molar-refractivity contribution in [2.45, 2.75) is 18.9 Å². The molecule has 9 heteroatoms. The van der Waals surface area contributed by atoms with E-state index < -0.39 is 24.0 Å². The van der Waals surface area contributed by atoms with Gasteiger partial charge >= 0.3 is 18.0 Å². The van der Waals surface area contributed by atoms with E-state index in [1.165, 1.54) is 0 Å². The minimum atomic E-state index is -1.30. The summed E-state index contributed by atoms with van der Waals surface area (Å²) in [6, 6.07) is 2.62. The predicted octanol–water partition coefficient (Wildman–Crippen LogP) is 2.54. The molecule has 114 valence electrons. The number of rotatable bonds is 6. The van der Waals surface area contributed by atoms with Crippen LogP contribution in [0.25, 0.3) is 0 Å². The number of carbonyl (C=O) groups excluding carboxylic acids is 1. The second-order valence-corrected chi connectivity index (χ2v) is 5.31. The molecule has 0 spiro atoms. The van der Waals surface area contributed by atoms with Gasteiger partial charge in [-0.3, -0.25) is 4.79 Å². The van der Waals surface area contributed by atoms with Crippen molar-refractivity contribution in [2.24, 2.45) is 0 Å². The molecule has 0 aromatic heterocycles. The van der Waals surface area contributed by atoms with E-state index in [9.17, 15) is 14.4 Å². The number of amides is 2. The van der Waals surface area contributed by atoms with Gasteiger partial charge in [0, 0.05) is 16.6 Å². The molecule has 4 N–H and O–H groups in total. The van der Waals surface area contributed by atoms with Crippen molar-refractivity contribution in [1.29, 1.82) is 0 Å². The molecule has 7 nitrogen and oxygen atoms in total. The molecular weight excluding hydrogens is 367 g/mol. The Kier molecular flexibility index (Phi) is 6.44. The Labute approximate surface area is 133 Å². The van der Waals surface area contributed by atoms with Crippen molar-refractivity contribution in [3.63, 3.8) is 0 Å². The number of carbonyl (C=O) groups is 3. The topological polar surface area (TPSA) is 116 Å². The van der Waals surface area contributed by atoms with Crippen LogP contribution in [0.2, 0.25) is 5.02 Å². The van der Waals surface area contributed by atoms with Crippen LogP contribution >= 0.6 is 27.5 Å². The maximum Gasteiger partial charge on any atom is 0.326 e. The number of halogens is 2. The van der Waals surface area contributed by atoms with Crippen LogP contribution in [0.5, 0.6) is 0 Å². The van der Waals surface area contributed by atoms with Gasteiger partial charge in [0.2, 0.25) is 0 Å². The minimum absolute atomic E-state index is 0.206. The lowest BCUT2D eigenvalue weighted by Gasteiger charge is -2.14. The second kappa shape index (κ2) is 7.84. The standard InChI is InChI=1S/C12H12BrClN2O5/c13-7-5-6(1-2-8(7)14)15-12(21)16-9(11(19)20)3-4-10(17)18/h1-2,5,9H,3-4H2,(H,17,18)(H,19,20)(H2,15,16,21). The molecule has 0 heterocycles. The fourth-order valence-electron chi connectivity index (χ4n) is 1.42. The molecule has 0 saturated heterocycles. The average Bonchev–Trinajstić information content (AvgIpc) is 2.38. The molecule has 1 aromatic carbocycles. The Bertz CT molecular complexity index is 567. The summed E-state index contributed by atoms with van der Waals surface area (Å²) in [7, 11) is 0. The molecule has 0 aliphatic carbocycles. The zero-order chi connectivity index (χ0) is 16.0. The van der Waals surface area contributed by atoms with Gasteiger partial charge in [-0.2, -0.15) is 0 Å². The molecular formula is C12H12BrClN2O5. The van der Waals surface area contributed by atoms with Crippen LogP contribution < -0.4 is 10.6 Å². The third-order valence-corrected chi connectivity index (χ3v) is 3.64. The van der Waals surface area contributed by atoms with Gasteiger partial charge in [-0.05, 0) is 40.5 Å². The lowest BCUT2D eigenvalue weighted by atomic mass is 10.1. The van der Waals surface area contributed by atoms with Crippen molar-refractivity contribution in [3.05, 3.63) is 27.7 Å². The summed E-state index contributed by atoms with van der Waals surface area (Å²) < 4.78 is 0.572. The maximum absolute atomic E-state index is 11.7. The number of carboxylic acids is 2. The van der Waals surface area contributed by atoms with Gasteiger partial charge in [-0.1, -0.05) is 11.6 Å². The van der Waals surface area contributed by atoms with Gasteiger partial charge in [0.25, 0.3) is 0 Å². The van der Waals surface area contributed by atoms with Gasteiger partial charge in [-0.15, -0.1) is 0 Å². The van der Waals surface area contributed by atoms with Gasteiger partial charge in [0.05, 0.1) is 5.02 Å². The van der Waals surface area contributed by atoms with E-state index in [2.05, 4.69) is 26.6 Å². The predicted molar refractivity (Wildman–Crippen MR) is 79.6 cm³/mol. The number of aliphatic carboxylic acids is 2. The summed E-state index contributed by atoms with van der Waals surface area (Å²) in [5, 5.41) is 22.5. The van der Waals surface area contributed by atoms with Gasteiger partial charge in [0.1, 0.15) is 6.04 Å². The van der Waals surface area contributed by atoms with Gasteiger partial charge in [-0.25, -0.2) is 9.59 Å². The summed E-state index contributed by atoms with van der Waals surface area (Å²) in [6.45, 7) is 0. The fourth-order valence-corrected chi connectivity index (χ4v) is 1.92. The van der Waals surface area contributed by atoms with Crippen LogP contribution in [-0.2, 0) is 9.59 Å². The van der Waals surface area contributed by atoms with Crippen molar-refractivity contribution >= 4 is 51.2 Å². The third kappa shape index (κ3) is 6.01. The second-order valence-electron chi connectivity index (χ2n) is 4.05. The summed E-state index contributed by atoms with van der Waals surface area (Å²) in [5.74, 6) is -2.44. The summed E-state index contributed by atoms with van der Waals surface area (Å²) in [5.41, 5.74) is 0.408. The fraction of sp³-hybridized carbons (Fsp3) is 0.250. The van der Waals surface area contributed by atoms with Crippen LogP contribution in [-0.4, -0.2) is 34.2 Å². The first-order chi connectivity index (χ1) is 9.79. The number of benzene rings is 1. The lowest BCUT2D eigenvalue weighted by Crippen LogP contribution is -2.43. The van der Waals surface area contributed by atoms with Crippen molar-refractivity contribution < 1.29 is 24.6 Å². The molecule has 2 amide bonds. The van der Waals surface area contributed by atoms with Crippen LogP contribution in [0, 0.1) is 0 Å². The van der Waals surface area contributed by atoms with Gasteiger partial charge < -0.3 is 20.8 Å². The molecule has 0 radical (unpaired) electrons. The third-order valence-electron chi connectivity index (χ3n) is 2.43. The van der Waals surface area contributed by atoms with Crippen molar-refractivity contribution in [3.8, 4) is 0 Å². The van der Waals surface area contributed by atoms with E-state index >= 15 is 0 Å². The summed E-state index contributed by atoms with van der Waals surface area (Å²) in [4.78, 5) is 33.1. The first-order valence-corrected chi connectivity index (χ1v) is 6.94. The summed E-state index contributed by atoms with van der Waals surface area (Å²) in [6.07, 6.45) is -0.563. The molecule has 1 unspecified atom stereocenters. The molecule has 1 atom stereocenters. The Morgan fingerprint density at radius 2 is 1.95 bits per heavy atom. The lowest BCUT2D eigenvalue weighted by molar-refractivity contribution is -0.140. The highest BCUT2D eigenvalue weighted by Crippen LogP contribution is 2.25. The molecule has 0 saturated carbocycles. The van der Waals surface area contributed by atoms with Crippen LogP contribution in [0.4, 0.5) is 10.5 Å². The van der Waals surface area contributed by atoms with Crippen LogP contribution in [0.1, 0.15) is 12.8 Å². The Morgan fingerprint density at radius 1 is 1.29 bits per heavy atom. The number of urea groups is 1. The zero-order valence-corrected chi connectivity index (χ0v) is 12.9. The van der Waals surface area contributed by atoms with Crippen LogP contribution in [0.3, 0.4) is 0 Å². The van der Waals surface area contributed by atoms with E-state index in [1.807, 2.05) is 0 Å². The number of carboxylic acid groups (broad SMARTS) is 2. The van der Waals surface area contributed by atoms with E-state index in [-0.39, 0.29) is 12.8 Å². The monoisotopic (exact) mass is 378 g/mol. The Balaban J connectivity index is 2.62. The largest absolute Gasteiger partial charge is 0.481 e. The first kappa shape index (κ1) is 17.3. The Hall–Kier alpha value is -1.80. The molecule has 1 aromatic rings. The zero-order valence-electron chi connectivity index (χ0n) is 10.6. The number of nitrogens with one attached hydrogen (secondary N) is 2. The van der Waals surface area contributed by atoms with E-state index in [1.54, 1.807) is 18.2 Å². The average molecular weight is 380 g/mol. The van der Waals surface area contributed by atoms with Crippen LogP contribution in [0.15, 0.2) is 22.7 Å². The number of hydrogen-bond donors (Lipinski definition) is 4. The van der Waals surface area contributed by atoms with Gasteiger partial charge in [0.15, 0.2) is 0 Å². The highest BCUT2D eigenvalue weighted by atomic mass is 79.9.